The Bertz CT molecular complexity index is 93.7. The molecule has 56 valence electrons. The number of halogens is 2. The number of hydrogen-bond donors (Lipinski definition) is 1. The van der Waals surface area contributed by atoms with Gasteiger partial charge in [-0.2, -0.15) is 8.78 Å². The zero-order valence-electron chi connectivity index (χ0n) is 5.91. The summed E-state index contributed by atoms with van der Waals surface area (Å²) in [5, 5.41) is 8.21. The van der Waals surface area contributed by atoms with Gasteiger partial charge in [-0.1, -0.05) is 20.8 Å². The van der Waals surface area contributed by atoms with Crippen molar-refractivity contribution in [1.29, 1.82) is 0 Å². The van der Waals surface area contributed by atoms with Gasteiger partial charge in [-0.25, -0.2) is 0 Å². The Kier molecular flexibility index (Phi) is 2.17. The molecule has 1 N–H and O–H groups in total. The van der Waals surface area contributed by atoms with E-state index in [4.69, 9.17) is 5.11 Å². The van der Waals surface area contributed by atoms with Gasteiger partial charge in [0.2, 0.25) is 0 Å². The Hall–Kier alpha value is -0.180. The van der Waals surface area contributed by atoms with Crippen LogP contribution in [0.2, 0.25) is 0 Å². The molecule has 0 aliphatic carbocycles. The molecule has 0 atom stereocenters. The van der Waals surface area contributed by atoms with Crippen LogP contribution in [0.15, 0.2) is 0 Å². The van der Waals surface area contributed by atoms with Crippen molar-refractivity contribution in [1.82, 2.24) is 0 Å². The molecular weight excluding hydrogens is 126 g/mol. The quantitative estimate of drug-likeness (QED) is 0.618. The number of hydrogen-bond acceptors (Lipinski definition) is 1. The van der Waals surface area contributed by atoms with Crippen LogP contribution in [0, 0.1) is 5.41 Å². The summed E-state index contributed by atoms with van der Waals surface area (Å²) in [6.45, 7) is 4.27. The van der Waals surface area contributed by atoms with Crippen LogP contribution in [-0.2, 0) is 0 Å². The third-order valence-corrected chi connectivity index (χ3v) is 1.70. The van der Waals surface area contributed by atoms with Crippen molar-refractivity contribution < 1.29 is 13.9 Å². The third kappa shape index (κ3) is 1.90. The molecular formula is C6H12F2O. The van der Waals surface area contributed by atoms with E-state index in [-0.39, 0.29) is 6.42 Å². The van der Waals surface area contributed by atoms with Gasteiger partial charge in [0.25, 0.3) is 0 Å². The molecule has 3 heteroatoms. The van der Waals surface area contributed by atoms with Crippen LogP contribution < -0.4 is 0 Å². The van der Waals surface area contributed by atoms with Crippen LogP contribution in [0.3, 0.4) is 0 Å². The molecule has 0 fully saturated rings. The average Bonchev–Trinajstić information content (AvgIpc) is 1.64. The van der Waals surface area contributed by atoms with Crippen LogP contribution in [0.1, 0.15) is 27.2 Å². The molecule has 0 heterocycles. The molecule has 0 bridgehead atoms. The van der Waals surface area contributed by atoms with E-state index < -0.39 is 11.5 Å². The van der Waals surface area contributed by atoms with Crippen molar-refractivity contribution in [3.8, 4) is 0 Å². The first-order valence-electron chi connectivity index (χ1n) is 2.91. The van der Waals surface area contributed by atoms with Crippen LogP contribution in [0.5, 0.6) is 0 Å². The standard InChI is InChI=1S/C6H12F2O/c1-4-5(2,3)6(7,8)9/h9H,4H2,1-3H3. The predicted molar refractivity (Wildman–Crippen MR) is 31.2 cm³/mol. The van der Waals surface area contributed by atoms with Crippen LogP contribution >= 0.6 is 0 Å². The molecule has 0 unspecified atom stereocenters. The van der Waals surface area contributed by atoms with E-state index in [0.29, 0.717) is 0 Å². The maximum Gasteiger partial charge on any atom is 0.358 e. The van der Waals surface area contributed by atoms with Crippen molar-refractivity contribution >= 4 is 0 Å². The highest BCUT2D eigenvalue weighted by molar-refractivity contribution is 4.73. The summed E-state index contributed by atoms with van der Waals surface area (Å²) in [4.78, 5) is 0. The van der Waals surface area contributed by atoms with Crippen molar-refractivity contribution in [3.63, 3.8) is 0 Å². The molecule has 0 saturated carbocycles. The molecule has 0 aromatic rings. The largest absolute Gasteiger partial charge is 0.358 e. The smallest absolute Gasteiger partial charge is 0.336 e. The fourth-order valence-corrected chi connectivity index (χ4v) is 0.213. The van der Waals surface area contributed by atoms with E-state index in [1.54, 1.807) is 6.92 Å². The lowest BCUT2D eigenvalue weighted by Crippen LogP contribution is -2.35. The molecule has 0 radical (unpaired) electrons. The van der Waals surface area contributed by atoms with Crippen molar-refractivity contribution in [3.05, 3.63) is 0 Å². The molecule has 0 rings (SSSR count). The van der Waals surface area contributed by atoms with Gasteiger partial charge >= 0.3 is 6.11 Å². The Morgan fingerprint density at radius 2 is 1.67 bits per heavy atom. The van der Waals surface area contributed by atoms with E-state index in [0.717, 1.165) is 0 Å². The summed E-state index contributed by atoms with van der Waals surface area (Å²) in [6.07, 6.45) is -3.29. The Labute approximate surface area is 53.7 Å². The summed E-state index contributed by atoms with van der Waals surface area (Å²) in [5.74, 6) is 0. The van der Waals surface area contributed by atoms with Gasteiger partial charge in [0.15, 0.2) is 0 Å². The summed E-state index contributed by atoms with van der Waals surface area (Å²) >= 11 is 0. The summed E-state index contributed by atoms with van der Waals surface area (Å²) in [6, 6.07) is 0. The highest BCUT2D eigenvalue weighted by Crippen LogP contribution is 2.36. The highest BCUT2D eigenvalue weighted by atomic mass is 19.3. The fourth-order valence-electron chi connectivity index (χ4n) is 0.213. The molecule has 0 aromatic heterocycles. The lowest BCUT2D eigenvalue weighted by Gasteiger charge is -2.27. The third-order valence-electron chi connectivity index (χ3n) is 1.70. The molecule has 0 aromatic carbocycles. The topological polar surface area (TPSA) is 20.2 Å². The zero-order valence-corrected chi connectivity index (χ0v) is 5.91. The van der Waals surface area contributed by atoms with Crippen LogP contribution in [0.4, 0.5) is 8.78 Å². The predicted octanol–water partition coefficient (Wildman–Crippen LogP) is 2.01. The second kappa shape index (κ2) is 2.21. The summed E-state index contributed by atoms with van der Waals surface area (Å²) in [5.41, 5.74) is -1.30. The Balaban J connectivity index is 4.14. The van der Waals surface area contributed by atoms with E-state index in [2.05, 4.69) is 0 Å². The second-order valence-corrected chi connectivity index (χ2v) is 2.78. The first-order chi connectivity index (χ1) is 3.81. The van der Waals surface area contributed by atoms with Gasteiger partial charge in [0.1, 0.15) is 0 Å². The molecule has 9 heavy (non-hydrogen) atoms. The maximum absolute atomic E-state index is 12.1. The van der Waals surface area contributed by atoms with Gasteiger partial charge < -0.3 is 5.11 Å². The van der Waals surface area contributed by atoms with E-state index >= 15 is 0 Å². The van der Waals surface area contributed by atoms with Crippen LogP contribution in [-0.4, -0.2) is 11.2 Å². The first kappa shape index (κ1) is 8.82. The van der Waals surface area contributed by atoms with Gasteiger partial charge in [-0.3, -0.25) is 0 Å². The van der Waals surface area contributed by atoms with Crippen molar-refractivity contribution in [2.45, 2.75) is 33.3 Å². The first-order valence-corrected chi connectivity index (χ1v) is 2.91. The number of alkyl halides is 2. The van der Waals surface area contributed by atoms with Crippen molar-refractivity contribution in [2.24, 2.45) is 5.41 Å². The van der Waals surface area contributed by atoms with Crippen molar-refractivity contribution in [2.75, 3.05) is 0 Å². The monoisotopic (exact) mass is 138 g/mol. The number of aliphatic hydroxyl groups is 1. The minimum absolute atomic E-state index is 0.260. The summed E-state index contributed by atoms with van der Waals surface area (Å²) in [7, 11) is 0. The average molecular weight is 138 g/mol. The number of rotatable bonds is 2. The van der Waals surface area contributed by atoms with Gasteiger partial charge in [-0.15, -0.1) is 0 Å². The lowest BCUT2D eigenvalue weighted by molar-refractivity contribution is -0.269. The molecule has 1 nitrogen and oxygen atoms in total. The Morgan fingerprint density at radius 3 is 1.67 bits per heavy atom. The zero-order chi connectivity index (χ0) is 7.71. The highest BCUT2D eigenvalue weighted by Gasteiger charge is 2.43. The molecule has 0 amide bonds. The Morgan fingerprint density at radius 1 is 1.33 bits per heavy atom. The molecule has 0 spiro atoms. The second-order valence-electron chi connectivity index (χ2n) is 2.78. The minimum Gasteiger partial charge on any atom is -0.336 e. The summed E-state index contributed by atoms with van der Waals surface area (Å²) < 4.78 is 24.1. The lowest BCUT2D eigenvalue weighted by atomic mass is 9.89. The van der Waals surface area contributed by atoms with E-state index in [1.807, 2.05) is 0 Å². The SMILES string of the molecule is CCC(C)(C)C(O)(F)F. The van der Waals surface area contributed by atoms with E-state index in [1.165, 1.54) is 13.8 Å². The fraction of sp³-hybridized carbons (Fsp3) is 1.00. The van der Waals surface area contributed by atoms with Gasteiger partial charge in [0, 0.05) is 0 Å². The normalized spacial score (nSPS) is 14.0. The van der Waals surface area contributed by atoms with Gasteiger partial charge in [-0.05, 0) is 6.42 Å². The van der Waals surface area contributed by atoms with Gasteiger partial charge in [0.05, 0.1) is 5.41 Å². The molecule has 0 saturated heterocycles. The molecule has 0 aliphatic heterocycles. The van der Waals surface area contributed by atoms with E-state index in [9.17, 15) is 8.78 Å². The molecule has 0 aliphatic rings. The minimum atomic E-state index is -3.55. The van der Waals surface area contributed by atoms with Crippen LogP contribution in [0.25, 0.3) is 0 Å². The maximum atomic E-state index is 12.1.